The number of hydrogen-bond acceptors (Lipinski definition) is 5. The van der Waals surface area contributed by atoms with Gasteiger partial charge in [-0.15, -0.1) is 5.10 Å². The molecule has 1 N–H and O–H groups in total. The first-order valence-corrected chi connectivity index (χ1v) is 6.38. The summed E-state index contributed by atoms with van der Waals surface area (Å²) in [6, 6.07) is 1.87. The number of hydrogen-bond donors (Lipinski definition) is 1. The Morgan fingerprint density at radius 2 is 2.20 bits per heavy atom. The summed E-state index contributed by atoms with van der Waals surface area (Å²) in [5.41, 5.74) is 0.711. The van der Waals surface area contributed by atoms with E-state index in [4.69, 9.17) is 0 Å². The maximum Gasteiger partial charge on any atom is 0.311 e. The van der Waals surface area contributed by atoms with E-state index in [2.05, 4.69) is 20.6 Å². The standard InChI is InChI=1S/C12H18N6O2/c1-5-12(3,11(19)20)7-18-10(13-15-16-18)9-6-8(2)14-17(9)4/h6H,5,7H2,1-4H3,(H,19,20). The van der Waals surface area contributed by atoms with Gasteiger partial charge in [0.25, 0.3) is 0 Å². The van der Waals surface area contributed by atoms with Crippen molar-refractivity contribution in [2.45, 2.75) is 33.7 Å². The summed E-state index contributed by atoms with van der Waals surface area (Å²) < 4.78 is 3.20. The molecule has 108 valence electrons. The Morgan fingerprint density at radius 3 is 2.70 bits per heavy atom. The number of tetrazole rings is 1. The summed E-state index contributed by atoms with van der Waals surface area (Å²) in [6.45, 7) is 5.62. The number of rotatable bonds is 5. The van der Waals surface area contributed by atoms with Gasteiger partial charge in [-0.05, 0) is 36.8 Å². The maximum absolute atomic E-state index is 11.4. The van der Waals surface area contributed by atoms with Gasteiger partial charge in [-0.2, -0.15) is 5.10 Å². The molecule has 0 spiro atoms. The minimum atomic E-state index is -0.905. The van der Waals surface area contributed by atoms with Crippen LogP contribution < -0.4 is 0 Å². The molecular formula is C12H18N6O2. The van der Waals surface area contributed by atoms with Gasteiger partial charge in [-0.3, -0.25) is 9.48 Å². The summed E-state index contributed by atoms with van der Waals surface area (Å²) >= 11 is 0. The van der Waals surface area contributed by atoms with Crippen molar-refractivity contribution >= 4 is 5.97 Å². The van der Waals surface area contributed by atoms with Crippen molar-refractivity contribution in [3.8, 4) is 11.5 Å². The molecule has 0 aromatic carbocycles. The molecule has 2 aromatic heterocycles. The molecule has 0 amide bonds. The highest BCUT2D eigenvalue weighted by Gasteiger charge is 2.33. The minimum Gasteiger partial charge on any atom is -0.481 e. The van der Waals surface area contributed by atoms with Crippen molar-refractivity contribution in [2.75, 3.05) is 0 Å². The zero-order valence-electron chi connectivity index (χ0n) is 12.0. The Hall–Kier alpha value is -2.25. The number of carboxylic acid groups (broad SMARTS) is 1. The molecule has 2 rings (SSSR count). The third-order valence-electron chi connectivity index (χ3n) is 3.56. The van der Waals surface area contributed by atoms with Crippen molar-refractivity contribution in [1.29, 1.82) is 0 Å². The Balaban J connectivity index is 2.39. The van der Waals surface area contributed by atoms with E-state index in [-0.39, 0.29) is 6.54 Å². The SMILES string of the molecule is CCC(C)(Cn1nnnc1-c1cc(C)nn1C)C(=O)O. The third kappa shape index (κ3) is 2.40. The zero-order chi connectivity index (χ0) is 14.9. The van der Waals surface area contributed by atoms with Crippen molar-refractivity contribution in [3.63, 3.8) is 0 Å². The Labute approximate surface area is 116 Å². The predicted molar refractivity (Wildman–Crippen MR) is 70.8 cm³/mol. The van der Waals surface area contributed by atoms with E-state index in [0.717, 1.165) is 11.4 Å². The van der Waals surface area contributed by atoms with Gasteiger partial charge < -0.3 is 5.11 Å². The quantitative estimate of drug-likeness (QED) is 0.871. The van der Waals surface area contributed by atoms with Crippen molar-refractivity contribution in [3.05, 3.63) is 11.8 Å². The second-order valence-electron chi connectivity index (χ2n) is 5.17. The highest BCUT2D eigenvalue weighted by atomic mass is 16.4. The van der Waals surface area contributed by atoms with Crippen LogP contribution in [0.5, 0.6) is 0 Å². The first kappa shape index (κ1) is 14.2. The lowest BCUT2D eigenvalue weighted by Gasteiger charge is -2.22. The van der Waals surface area contributed by atoms with Gasteiger partial charge in [-0.1, -0.05) is 6.92 Å². The van der Waals surface area contributed by atoms with Gasteiger partial charge in [0.2, 0.25) is 0 Å². The van der Waals surface area contributed by atoms with Gasteiger partial charge in [0.05, 0.1) is 17.7 Å². The fourth-order valence-electron chi connectivity index (χ4n) is 1.98. The van der Waals surface area contributed by atoms with Crippen LogP contribution in [-0.2, 0) is 18.4 Å². The van der Waals surface area contributed by atoms with Crippen LogP contribution in [0.25, 0.3) is 11.5 Å². The molecule has 2 heterocycles. The van der Waals surface area contributed by atoms with Gasteiger partial charge >= 0.3 is 5.97 Å². The van der Waals surface area contributed by atoms with Crippen LogP contribution in [-0.4, -0.2) is 41.1 Å². The largest absolute Gasteiger partial charge is 0.481 e. The maximum atomic E-state index is 11.4. The summed E-state index contributed by atoms with van der Waals surface area (Å²) in [5.74, 6) is -0.336. The third-order valence-corrected chi connectivity index (χ3v) is 3.56. The number of aryl methyl sites for hydroxylation is 2. The molecule has 1 atom stereocenters. The molecule has 20 heavy (non-hydrogen) atoms. The topological polar surface area (TPSA) is 98.7 Å². The Morgan fingerprint density at radius 1 is 1.50 bits per heavy atom. The molecule has 0 radical (unpaired) electrons. The van der Waals surface area contributed by atoms with E-state index >= 15 is 0 Å². The molecule has 0 saturated heterocycles. The van der Waals surface area contributed by atoms with Gasteiger partial charge in [0.1, 0.15) is 5.69 Å². The highest BCUT2D eigenvalue weighted by molar-refractivity contribution is 5.74. The van der Waals surface area contributed by atoms with E-state index in [1.165, 1.54) is 4.68 Å². The molecule has 0 aliphatic rings. The smallest absolute Gasteiger partial charge is 0.311 e. The van der Waals surface area contributed by atoms with Crippen molar-refractivity contribution in [1.82, 2.24) is 30.0 Å². The van der Waals surface area contributed by atoms with E-state index in [1.807, 2.05) is 19.9 Å². The van der Waals surface area contributed by atoms with Crippen LogP contribution >= 0.6 is 0 Å². The lowest BCUT2D eigenvalue weighted by molar-refractivity contribution is -0.149. The molecule has 1 unspecified atom stereocenters. The first-order valence-electron chi connectivity index (χ1n) is 6.38. The van der Waals surface area contributed by atoms with Gasteiger partial charge in [-0.25, -0.2) is 4.68 Å². The lowest BCUT2D eigenvalue weighted by atomic mass is 9.88. The van der Waals surface area contributed by atoms with Crippen LogP contribution in [0.3, 0.4) is 0 Å². The number of aromatic nitrogens is 6. The average molecular weight is 278 g/mol. The zero-order valence-corrected chi connectivity index (χ0v) is 12.0. The van der Waals surface area contributed by atoms with Crippen LogP contribution in [0.1, 0.15) is 26.0 Å². The number of carbonyl (C=O) groups is 1. The molecule has 0 bridgehead atoms. The van der Waals surface area contributed by atoms with Crippen LogP contribution in [0.2, 0.25) is 0 Å². The summed E-state index contributed by atoms with van der Waals surface area (Å²) in [6.07, 6.45) is 0.492. The second-order valence-corrected chi connectivity index (χ2v) is 5.17. The molecule has 8 nitrogen and oxygen atoms in total. The monoisotopic (exact) mass is 278 g/mol. The summed E-state index contributed by atoms with van der Waals surface area (Å²) in [7, 11) is 1.80. The molecule has 0 aliphatic carbocycles. The van der Waals surface area contributed by atoms with E-state index in [0.29, 0.717) is 12.2 Å². The summed E-state index contributed by atoms with van der Waals surface area (Å²) in [5, 5.41) is 25.2. The number of nitrogens with zero attached hydrogens (tertiary/aromatic N) is 6. The molecule has 0 aliphatic heterocycles. The van der Waals surface area contributed by atoms with E-state index < -0.39 is 11.4 Å². The Kier molecular flexibility index (Phi) is 3.56. The molecule has 2 aromatic rings. The van der Waals surface area contributed by atoms with Crippen LogP contribution in [0, 0.1) is 12.3 Å². The van der Waals surface area contributed by atoms with Crippen LogP contribution in [0.15, 0.2) is 6.07 Å². The fraction of sp³-hybridized carbons (Fsp3) is 0.583. The molecule has 0 fully saturated rings. The first-order chi connectivity index (χ1) is 9.37. The molecular weight excluding hydrogens is 260 g/mol. The average Bonchev–Trinajstić information content (AvgIpc) is 2.95. The highest BCUT2D eigenvalue weighted by Crippen LogP contribution is 2.26. The van der Waals surface area contributed by atoms with Gasteiger partial charge in [0.15, 0.2) is 5.82 Å². The van der Waals surface area contributed by atoms with Crippen molar-refractivity contribution in [2.24, 2.45) is 12.5 Å². The van der Waals surface area contributed by atoms with Gasteiger partial charge in [0, 0.05) is 7.05 Å². The minimum absolute atomic E-state index is 0.214. The van der Waals surface area contributed by atoms with E-state index in [9.17, 15) is 9.90 Å². The molecule has 8 heteroatoms. The van der Waals surface area contributed by atoms with Crippen molar-refractivity contribution < 1.29 is 9.90 Å². The molecule has 0 saturated carbocycles. The number of carboxylic acids is 1. The predicted octanol–water partition coefficient (Wildman–Crippen LogP) is 0.883. The summed E-state index contributed by atoms with van der Waals surface area (Å²) in [4.78, 5) is 11.4. The second kappa shape index (κ2) is 5.03. The van der Waals surface area contributed by atoms with E-state index in [1.54, 1.807) is 18.7 Å². The Bertz CT molecular complexity index is 632. The van der Waals surface area contributed by atoms with Crippen LogP contribution in [0.4, 0.5) is 0 Å². The fourth-order valence-corrected chi connectivity index (χ4v) is 1.98. The normalized spacial score (nSPS) is 14.2. The lowest BCUT2D eigenvalue weighted by Crippen LogP contribution is -2.32. The number of aliphatic carboxylic acids is 1.